The number of methoxy groups -OCH3 is 1. The molecular formula is C17H19NO2. The SMILES string of the molecule is COc1ccc(CN)c(OC/C=C/c2ccccc2)c1. The van der Waals surface area contributed by atoms with E-state index in [0.29, 0.717) is 13.2 Å². The molecule has 0 radical (unpaired) electrons. The standard InChI is InChI=1S/C17H19NO2/c1-19-16-10-9-15(13-18)17(12-16)20-11-5-8-14-6-3-2-4-7-14/h2-10,12H,11,13,18H2,1H3/b8-5+. The van der Waals surface area contributed by atoms with Crippen LogP contribution >= 0.6 is 0 Å². The molecule has 2 aromatic rings. The summed E-state index contributed by atoms with van der Waals surface area (Å²) in [5.41, 5.74) is 7.82. The lowest BCUT2D eigenvalue weighted by Crippen LogP contribution is -2.02. The van der Waals surface area contributed by atoms with Gasteiger partial charge in [0.2, 0.25) is 0 Å². The van der Waals surface area contributed by atoms with Gasteiger partial charge in [0.15, 0.2) is 0 Å². The number of nitrogens with two attached hydrogens (primary N) is 1. The molecule has 3 nitrogen and oxygen atoms in total. The van der Waals surface area contributed by atoms with Gasteiger partial charge in [-0.15, -0.1) is 0 Å². The van der Waals surface area contributed by atoms with Crippen molar-refractivity contribution in [3.63, 3.8) is 0 Å². The fourth-order valence-electron chi connectivity index (χ4n) is 1.85. The molecule has 0 unspecified atom stereocenters. The maximum absolute atomic E-state index is 5.75. The normalized spacial score (nSPS) is 10.7. The van der Waals surface area contributed by atoms with Crippen LogP contribution in [0.4, 0.5) is 0 Å². The first-order valence-electron chi connectivity index (χ1n) is 6.55. The predicted molar refractivity (Wildman–Crippen MR) is 81.9 cm³/mol. The van der Waals surface area contributed by atoms with Gasteiger partial charge in [-0.25, -0.2) is 0 Å². The molecule has 0 aliphatic heterocycles. The second kappa shape index (κ2) is 7.36. The lowest BCUT2D eigenvalue weighted by molar-refractivity contribution is 0.353. The van der Waals surface area contributed by atoms with Gasteiger partial charge in [0.25, 0.3) is 0 Å². The van der Waals surface area contributed by atoms with Crippen molar-refractivity contribution in [2.75, 3.05) is 13.7 Å². The Hall–Kier alpha value is -2.26. The van der Waals surface area contributed by atoms with Gasteiger partial charge in [-0.2, -0.15) is 0 Å². The summed E-state index contributed by atoms with van der Waals surface area (Å²) >= 11 is 0. The highest BCUT2D eigenvalue weighted by Gasteiger charge is 2.03. The molecule has 2 rings (SSSR count). The van der Waals surface area contributed by atoms with Crippen LogP contribution in [-0.4, -0.2) is 13.7 Å². The Morgan fingerprint density at radius 3 is 2.60 bits per heavy atom. The van der Waals surface area contributed by atoms with Crippen molar-refractivity contribution in [3.8, 4) is 11.5 Å². The first-order valence-corrected chi connectivity index (χ1v) is 6.55. The summed E-state index contributed by atoms with van der Waals surface area (Å²) in [6.45, 7) is 0.941. The molecule has 0 bridgehead atoms. The molecule has 104 valence electrons. The van der Waals surface area contributed by atoms with Crippen molar-refractivity contribution in [2.24, 2.45) is 5.73 Å². The molecule has 0 saturated carbocycles. The number of ether oxygens (including phenoxy) is 2. The third-order valence-corrected chi connectivity index (χ3v) is 2.94. The summed E-state index contributed by atoms with van der Waals surface area (Å²) < 4.78 is 10.9. The molecule has 0 heterocycles. The van der Waals surface area contributed by atoms with Gasteiger partial charge in [-0.1, -0.05) is 42.5 Å². The molecule has 0 aliphatic rings. The van der Waals surface area contributed by atoms with Crippen molar-refractivity contribution < 1.29 is 9.47 Å². The zero-order chi connectivity index (χ0) is 14.2. The summed E-state index contributed by atoms with van der Waals surface area (Å²) in [6, 6.07) is 15.8. The highest BCUT2D eigenvalue weighted by Crippen LogP contribution is 2.24. The maximum Gasteiger partial charge on any atom is 0.127 e. The molecule has 0 aliphatic carbocycles. The van der Waals surface area contributed by atoms with Crippen molar-refractivity contribution in [3.05, 3.63) is 65.7 Å². The van der Waals surface area contributed by atoms with Crippen LogP contribution < -0.4 is 15.2 Å². The average molecular weight is 269 g/mol. The second-order valence-corrected chi connectivity index (χ2v) is 4.30. The highest BCUT2D eigenvalue weighted by atomic mass is 16.5. The molecule has 0 atom stereocenters. The van der Waals surface area contributed by atoms with Gasteiger partial charge in [-0.3, -0.25) is 0 Å². The Kier molecular flexibility index (Phi) is 5.21. The third kappa shape index (κ3) is 3.87. The molecular weight excluding hydrogens is 250 g/mol. The summed E-state index contributed by atoms with van der Waals surface area (Å²) in [5.74, 6) is 1.54. The summed E-state index contributed by atoms with van der Waals surface area (Å²) in [4.78, 5) is 0. The summed E-state index contributed by atoms with van der Waals surface area (Å²) in [5, 5.41) is 0. The minimum atomic E-state index is 0.446. The summed E-state index contributed by atoms with van der Waals surface area (Å²) in [7, 11) is 1.64. The van der Waals surface area contributed by atoms with Crippen molar-refractivity contribution in [1.82, 2.24) is 0 Å². The molecule has 2 N–H and O–H groups in total. The molecule has 0 aromatic heterocycles. The van der Waals surface area contributed by atoms with Crippen LogP contribution in [0.5, 0.6) is 11.5 Å². The quantitative estimate of drug-likeness (QED) is 0.875. The van der Waals surface area contributed by atoms with Crippen LogP contribution in [0.2, 0.25) is 0 Å². The van der Waals surface area contributed by atoms with E-state index in [2.05, 4.69) is 0 Å². The van der Waals surface area contributed by atoms with E-state index in [9.17, 15) is 0 Å². The van der Waals surface area contributed by atoms with Gasteiger partial charge in [0.1, 0.15) is 18.1 Å². The zero-order valence-electron chi connectivity index (χ0n) is 11.6. The maximum atomic E-state index is 5.75. The minimum absolute atomic E-state index is 0.446. The Morgan fingerprint density at radius 2 is 1.90 bits per heavy atom. The largest absolute Gasteiger partial charge is 0.497 e. The molecule has 20 heavy (non-hydrogen) atoms. The monoisotopic (exact) mass is 269 g/mol. The first-order chi connectivity index (χ1) is 9.83. The lowest BCUT2D eigenvalue weighted by atomic mass is 10.2. The average Bonchev–Trinajstić information content (AvgIpc) is 2.52. The van der Waals surface area contributed by atoms with E-state index in [-0.39, 0.29) is 0 Å². The Morgan fingerprint density at radius 1 is 1.10 bits per heavy atom. The van der Waals surface area contributed by atoms with Crippen LogP contribution in [-0.2, 0) is 6.54 Å². The smallest absolute Gasteiger partial charge is 0.127 e. The van der Waals surface area contributed by atoms with Crippen molar-refractivity contribution in [2.45, 2.75) is 6.54 Å². The van der Waals surface area contributed by atoms with E-state index in [4.69, 9.17) is 15.2 Å². The topological polar surface area (TPSA) is 44.5 Å². The summed E-state index contributed by atoms with van der Waals surface area (Å²) in [6.07, 6.45) is 4.01. The fourth-order valence-corrected chi connectivity index (χ4v) is 1.85. The molecule has 0 fully saturated rings. The van der Waals surface area contributed by atoms with Gasteiger partial charge >= 0.3 is 0 Å². The zero-order valence-corrected chi connectivity index (χ0v) is 11.6. The lowest BCUT2D eigenvalue weighted by Gasteiger charge is -2.10. The number of rotatable bonds is 6. The molecule has 0 amide bonds. The van der Waals surface area contributed by atoms with E-state index >= 15 is 0 Å². The van der Waals surface area contributed by atoms with Crippen LogP contribution in [0.1, 0.15) is 11.1 Å². The second-order valence-electron chi connectivity index (χ2n) is 4.30. The molecule has 2 aromatic carbocycles. The number of benzene rings is 2. The van der Waals surface area contributed by atoms with Crippen molar-refractivity contribution in [1.29, 1.82) is 0 Å². The van der Waals surface area contributed by atoms with E-state index in [1.54, 1.807) is 7.11 Å². The van der Waals surface area contributed by atoms with Crippen molar-refractivity contribution >= 4 is 6.08 Å². The Bertz CT molecular complexity index is 564. The van der Waals surface area contributed by atoms with E-state index in [0.717, 1.165) is 22.6 Å². The van der Waals surface area contributed by atoms with Crippen LogP contribution in [0.15, 0.2) is 54.6 Å². The van der Waals surface area contributed by atoms with E-state index < -0.39 is 0 Å². The molecule has 3 heteroatoms. The number of hydrogen-bond acceptors (Lipinski definition) is 3. The first kappa shape index (κ1) is 14.2. The predicted octanol–water partition coefficient (Wildman–Crippen LogP) is 3.25. The van der Waals surface area contributed by atoms with Gasteiger partial charge in [0, 0.05) is 18.2 Å². The fraction of sp³-hybridized carbons (Fsp3) is 0.176. The van der Waals surface area contributed by atoms with Crippen LogP contribution in [0, 0.1) is 0 Å². The molecule has 0 spiro atoms. The van der Waals surface area contributed by atoms with Gasteiger partial charge in [0.05, 0.1) is 7.11 Å². The Balaban J connectivity index is 1.98. The van der Waals surface area contributed by atoms with E-state index in [1.807, 2.05) is 60.7 Å². The van der Waals surface area contributed by atoms with Gasteiger partial charge < -0.3 is 15.2 Å². The molecule has 0 saturated heterocycles. The van der Waals surface area contributed by atoms with Crippen LogP contribution in [0.3, 0.4) is 0 Å². The third-order valence-electron chi connectivity index (χ3n) is 2.94. The van der Waals surface area contributed by atoms with Gasteiger partial charge in [-0.05, 0) is 17.7 Å². The number of hydrogen-bond donors (Lipinski definition) is 1. The van der Waals surface area contributed by atoms with E-state index in [1.165, 1.54) is 0 Å². The van der Waals surface area contributed by atoms with Crippen LogP contribution in [0.25, 0.3) is 6.08 Å². The Labute approximate surface area is 119 Å². The minimum Gasteiger partial charge on any atom is -0.497 e. The highest BCUT2D eigenvalue weighted by molar-refractivity contribution is 5.49.